The molecule has 0 atom stereocenters. The first-order valence-corrected chi connectivity index (χ1v) is 9.76. The zero-order valence-corrected chi connectivity index (χ0v) is 16.8. The van der Waals surface area contributed by atoms with Crippen LogP contribution in [0.25, 0.3) is 0 Å². The number of likely N-dealkylation sites (tertiary alicyclic amines) is 1. The summed E-state index contributed by atoms with van der Waals surface area (Å²) in [6.45, 7) is 7.71. The summed E-state index contributed by atoms with van der Waals surface area (Å²) in [6, 6.07) is 16.9. The highest BCUT2D eigenvalue weighted by Gasteiger charge is 2.25. The van der Waals surface area contributed by atoms with E-state index in [1.54, 1.807) is 12.1 Å². The molecule has 3 rings (SSSR count). The molecule has 0 aliphatic carbocycles. The van der Waals surface area contributed by atoms with Gasteiger partial charge in [0.05, 0.1) is 0 Å². The Morgan fingerprint density at radius 2 is 1.57 bits per heavy atom. The Hall–Kier alpha value is -2.82. The Bertz CT molecular complexity index is 802. The van der Waals surface area contributed by atoms with E-state index < -0.39 is 6.09 Å². The van der Waals surface area contributed by atoms with Gasteiger partial charge in [0.25, 0.3) is 5.91 Å². The Morgan fingerprint density at radius 1 is 0.964 bits per heavy atom. The second-order valence-electron chi connectivity index (χ2n) is 8.24. The second kappa shape index (κ2) is 8.46. The van der Waals surface area contributed by atoms with Gasteiger partial charge in [-0.15, -0.1) is 0 Å². The maximum Gasteiger partial charge on any atom is 0.412 e. The molecule has 1 N–H and O–H groups in total. The molecule has 1 saturated heterocycles. The van der Waals surface area contributed by atoms with Gasteiger partial charge in [0, 0.05) is 24.7 Å². The molecule has 148 valence electrons. The number of carbonyl (C=O) groups excluding carboxylic acids is 2. The molecule has 1 aliphatic heterocycles. The van der Waals surface area contributed by atoms with E-state index in [0.29, 0.717) is 24.4 Å². The highest BCUT2D eigenvalue weighted by molar-refractivity contribution is 5.94. The van der Waals surface area contributed by atoms with Crippen LogP contribution in [0.1, 0.15) is 49.5 Å². The van der Waals surface area contributed by atoms with Crippen molar-refractivity contribution in [2.45, 2.75) is 45.1 Å². The minimum Gasteiger partial charge on any atom is -0.410 e. The molecule has 5 heteroatoms. The van der Waals surface area contributed by atoms with Crippen LogP contribution in [0.5, 0.6) is 5.75 Å². The number of hydrogen-bond acceptors (Lipinski definition) is 3. The molecular weight excluding hydrogens is 352 g/mol. The molecule has 0 saturated carbocycles. The summed E-state index contributed by atoms with van der Waals surface area (Å²) < 4.78 is 5.27. The first kappa shape index (κ1) is 19.9. The SMILES string of the molecule is CC(C)(C)c1ccc(C(=O)N2CCC(NC(=O)Oc3ccccc3)CC2)cc1. The van der Waals surface area contributed by atoms with Gasteiger partial charge in [0.1, 0.15) is 5.75 Å². The predicted molar refractivity (Wildman–Crippen MR) is 110 cm³/mol. The Balaban J connectivity index is 1.49. The maximum absolute atomic E-state index is 12.7. The highest BCUT2D eigenvalue weighted by atomic mass is 16.6. The standard InChI is InChI=1S/C23H28N2O3/c1-23(2,3)18-11-9-17(10-12-18)21(26)25-15-13-19(14-16-25)24-22(27)28-20-7-5-4-6-8-20/h4-12,19H,13-16H2,1-3H3,(H,24,27). The summed E-state index contributed by atoms with van der Waals surface area (Å²) in [7, 11) is 0. The molecule has 1 aliphatic rings. The van der Waals surface area contributed by atoms with Crippen molar-refractivity contribution in [3.05, 3.63) is 65.7 Å². The lowest BCUT2D eigenvalue weighted by molar-refractivity contribution is 0.0706. The molecule has 1 heterocycles. The number of hydrogen-bond donors (Lipinski definition) is 1. The van der Waals surface area contributed by atoms with Crippen molar-refractivity contribution in [2.75, 3.05) is 13.1 Å². The molecule has 2 amide bonds. The predicted octanol–water partition coefficient (Wildman–Crippen LogP) is 4.38. The summed E-state index contributed by atoms with van der Waals surface area (Å²) in [5.41, 5.74) is 1.99. The van der Waals surface area contributed by atoms with Gasteiger partial charge >= 0.3 is 6.09 Å². The second-order valence-corrected chi connectivity index (χ2v) is 8.24. The monoisotopic (exact) mass is 380 g/mol. The highest BCUT2D eigenvalue weighted by Crippen LogP contribution is 2.23. The van der Waals surface area contributed by atoms with Crippen LogP contribution in [0.3, 0.4) is 0 Å². The smallest absolute Gasteiger partial charge is 0.410 e. The van der Waals surface area contributed by atoms with Crippen LogP contribution in [0.2, 0.25) is 0 Å². The lowest BCUT2D eigenvalue weighted by atomic mass is 9.86. The Morgan fingerprint density at radius 3 is 2.14 bits per heavy atom. The number of rotatable bonds is 3. The van der Waals surface area contributed by atoms with Crippen LogP contribution in [0.15, 0.2) is 54.6 Å². The van der Waals surface area contributed by atoms with E-state index in [0.717, 1.165) is 12.8 Å². The molecule has 0 bridgehead atoms. The molecule has 2 aromatic rings. The topological polar surface area (TPSA) is 58.6 Å². The number of carbonyl (C=O) groups is 2. The summed E-state index contributed by atoms with van der Waals surface area (Å²) in [5.74, 6) is 0.567. The van der Waals surface area contributed by atoms with Gasteiger partial charge in [-0.25, -0.2) is 4.79 Å². The molecule has 28 heavy (non-hydrogen) atoms. The summed E-state index contributed by atoms with van der Waals surface area (Å²) in [5, 5.41) is 2.89. The first-order valence-electron chi connectivity index (χ1n) is 9.76. The quantitative estimate of drug-likeness (QED) is 0.860. The summed E-state index contributed by atoms with van der Waals surface area (Å²) in [6.07, 6.45) is 0.986. The van der Waals surface area contributed by atoms with Gasteiger partial charge in [0.2, 0.25) is 0 Å². The zero-order chi connectivity index (χ0) is 20.1. The molecule has 0 aromatic heterocycles. The lowest BCUT2D eigenvalue weighted by Crippen LogP contribution is -2.47. The van der Waals surface area contributed by atoms with Crippen molar-refractivity contribution in [3.8, 4) is 5.75 Å². The van der Waals surface area contributed by atoms with Crippen molar-refractivity contribution in [2.24, 2.45) is 0 Å². The molecule has 2 aromatic carbocycles. The van der Waals surface area contributed by atoms with Crippen molar-refractivity contribution >= 4 is 12.0 Å². The minimum atomic E-state index is -0.450. The molecule has 1 fully saturated rings. The van der Waals surface area contributed by atoms with E-state index in [-0.39, 0.29) is 17.4 Å². The van der Waals surface area contributed by atoms with Gasteiger partial charge in [-0.1, -0.05) is 51.1 Å². The fourth-order valence-corrected chi connectivity index (χ4v) is 3.31. The van der Waals surface area contributed by atoms with Crippen molar-refractivity contribution in [1.29, 1.82) is 0 Å². The third kappa shape index (κ3) is 5.12. The normalized spacial score (nSPS) is 15.2. The van der Waals surface area contributed by atoms with Gasteiger partial charge in [-0.3, -0.25) is 4.79 Å². The number of para-hydroxylation sites is 1. The van der Waals surface area contributed by atoms with Crippen LogP contribution < -0.4 is 10.1 Å². The average Bonchev–Trinajstić information content (AvgIpc) is 2.68. The fourth-order valence-electron chi connectivity index (χ4n) is 3.31. The van der Waals surface area contributed by atoms with Gasteiger partial charge < -0.3 is 15.0 Å². The van der Waals surface area contributed by atoms with E-state index in [1.165, 1.54) is 5.56 Å². The maximum atomic E-state index is 12.7. The van der Waals surface area contributed by atoms with Crippen LogP contribution in [0, 0.1) is 0 Å². The van der Waals surface area contributed by atoms with Crippen LogP contribution in [0.4, 0.5) is 4.79 Å². The Labute approximate surface area is 166 Å². The molecule has 0 spiro atoms. The fraction of sp³-hybridized carbons (Fsp3) is 0.391. The average molecular weight is 380 g/mol. The van der Waals surface area contributed by atoms with Gasteiger partial charge in [-0.2, -0.15) is 0 Å². The summed E-state index contributed by atoms with van der Waals surface area (Å²) >= 11 is 0. The molecule has 5 nitrogen and oxygen atoms in total. The van der Waals surface area contributed by atoms with Crippen LogP contribution in [-0.2, 0) is 5.41 Å². The lowest BCUT2D eigenvalue weighted by Gasteiger charge is -2.32. The molecule has 0 radical (unpaired) electrons. The van der Waals surface area contributed by atoms with Crippen molar-refractivity contribution in [1.82, 2.24) is 10.2 Å². The minimum absolute atomic E-state index is 0.0172. The number of nitrogens with zero attached hydrogens (tertiary/aromatic N) is 1. The number of benzene rings is 2. The first-order chi connectivity index (χ1) is 13.3. The van der Waals surface area contributed by atoms with E-state index in [4.69, 9.17) is 4.74 Å². The number of ether oxygens (including phenoxy) is 1. The van der Waals surface area contributed by atoms with E-state index in [2.05, 4.69) is 26.1 Å². The van der Waals surface area contributed by atoms with Crippen LogP contribution >= 0.6 is 0 Å². The van der Waals surface area contributed by atoms with E-state index >= 15 is 0 Å². The zero-order valence-electron chi connectivity index (χ0n) is 16.8. The number of amides is 2. The summed E-state index contributed by atoms with van der Waals surface area (Å²) in [4.78, 5) is 26.6. The van der Waals surface area contributed by atoms with E-state index in [1.807, 2.05) is 47.4 Å². The number of nitrogens with one attached hydrogen (secondary N) is 1. The van der Waals surface area contributed by atoms with E-state index in [9.17, 15) is 9.59 Å². The third-order valence-electron chi connectivity index (χ3n) is 5.06. The van der Waals surface area contributed by atoms with Crippen LogP contribution in [-0.4, -0.2) is 36.0 Å². The van der Waals surface area contributed by atoms with Gasteiger partial charge in [0.15, 0.2) is 0 Å². The third-order valence-corrected chi connectivity index (χ3v) is 5.06. The Kier molecular flexibility index (Phi) is 6.02. The molecular formula is C23H28N2O3. The number of piperidine rings is 1. The largest absolute Gasteiger partial charge is 0.412 e. The molecule has 0 unspecified atom stereocenters. The van der Waals surface area contributed by atoms with Crippen molar-refractivity contribution in [3.63, 3.8) is 0 Å². The van der Waals surface area contributed by atoms with Crippen molar-refractivity contribution < 1.29 is 14.3 Å². The van der Waals surface area contributed by atoms with Gasteiger partial charge in [-0.05, 0) is 48.1 Å².